The number of rotatable bonds is 5. The molecule has 0 aliphatic carbocycles. The van der Waals surface area contributed by atoms with Crippen LogP contribution in [0.25, 0.3) is 0 Å². The van der Waals surface area contributed by atoms with E-state index in [0.717, 1.165) is 0 Å². The average molecular weight is 332 g/mol. The van der Waals surface area contributed by atoms with E-state index in [0.29, 0.717) is 17.4 Å². The first-order valence-electron chi connectivity index (χ1n) is 6.80. The molecule has 0 radical (unpaired) electrons. The van der Waals surface area contributed by atoms with Crippen molar-refractivity contribution in [2.45, 2.75) is 37.4 Å². The number of hydrogen-bond donors (Lipinski definition) is 1. The first kappa shape index (κ1) is 16.3. The minimum Gasteiger partial charge on any atom is -0.353 e. The Bertz CT molecular complexity index is 624. The van der Waals surface area contributed by atoms with Crippen molar-refractivity contribution in [3.63, 3.8) is 0 Å². The molecule has 1 aromatic rings. The zero-order valence-electron chi connectivity index (χ0n) is 12.4. The van der Waals surface area contributed by atoms with Crippen molar-refractivity contribution >= 4 is 27.5 Å². The van der Waals surface area contributed by atoms with Crippen LogP contribution in [-0.4, -0.2) is 52.4 Å². The fraction of sp³-hybridized carbons (Fsp3) is 0.750. The zero-order chi connectivity index (χ0) is 15.6. The second-order valence-electron chi connectivity index (χ2n) is 5.51. The minimum absolute atomic E-state index is 0.0528. The van der Waals surface area contributed by atoms with Gasteiger partial charge in [-0.3, -0.25) is 4.79 Å². The SMILES string of the molecule is CC(C)NC(=O)CSc1nnc([C@H]2CCS(=O)(=O)C2)n1C. The molecule has 7 nitrogen and oxygen atoms in total. The van der Waals surface area contributed by atoms with Gasteiger partial charge < -0.3 is 9.88 Å². The number of aromatic nitrogens is 3. The monoisotopic (exact) mass is 332 g/mol. The van der Waals surface area contributed by atoms with E-state index in [4.69, 9.17) is 0 Å². The molecule has 1 amide bonds. The fourth-order valence-electron chi connectivity index (χ4n) is 2.30. The van der Waals surface area contributed by atoms with Gasteiger partial charge in [-0.1, -0.05) is 11.8 Å². The maximum Gasteiger partial charge on any atom is 0.230 e. The predicted molar refractivity (Wildman–Crippen MR) is 81.0 cm³/mol. The molecule has 0 spiro atoms. The van der Waals surface area contributed by atoms with E-state index in [1.807, 2.05) is 20.9 Å². The summed E-state index contributed by atoms with van der Waals surface area (Å²) >= 11 is 1.30. The topological polar surface area (TPSA) is 94.0 Å². The molecular weight excluding hydrogens is 312 g/mol. The van der Waals surface area contributed by atoms with Crippen molar-refractivity contribution in [1.82, 2.24) is 20.1 Å². The molecule has 0 unspecified atom stereocenters. The minimum atomic E-state index is -2.94. The summed E-state index contributed by atoms with van der Waals surface area (Å²) in [5.74, 6) is 1.16. The molecule has 1 aliphatic heterocycles. The molecule has 2 heterocycles. The van der Waals surface area contributed by atoms with E-state index in [1.165, 1.54) is 11.8 Å². The zero-order valence-corrected chi connectivity index (χ0v) is 14.0. The van der Waals surface area contributed by atoms with Gasteiger partial charge in [0.05, 0.1) is 17.3 Å². The Kier molecular flexibility index (Phi) is 4.92. The summed E-state index contributed by atoms with van der Waals surface area (Å²) in [5.41, 5.74) is 0. The average Bonchev–Trinajstić information content (AvgIpc) is 2.89. The third kappa shape index (κ3) is 4.19. The van der Waals surface area contributed by atoms with Crippen molar-refractivity contribution < 1.29 is 13.2 Å². The molecule has 2 rings (SSSR count). The largest absolute Gasteiger partial charge is 0.353 e. The van der Waals surface area contributed by atoms with Gasteiger partial charge in [-0.15, -0.1) is 10.2 Å². The van der Waals surface area contributed by atoms with Gasteiger partial charge in [0.25, 0.3) is 0 Å². The maximum absolute atomic E-state index is 11.6. The molecular formula is C12H20N4O3S2. The summed E-state index contributed by atoms with van der Waals surface area (Å²) in [6, 6.07) is 0.108. The molecule has 21 heavy (non-hydrogen) atoms. The third-order valence-corrected chi connectivity index (χ3v) is 6.04. The standard InChI is InChI=1S/C12H20N4O3S2/c1-8(2)13-10(17)6-20-12-15-14-11(16(12)3)9-4-5-21(18,19)7-9/h8-9H,4-7H2,1-3H3,(H,13,17)/t9-/m0/s1. The second-order valence-corrected chi connectivity index (χ2v) is 8.68. The number of hydrogen-bond acceptors (Lipinski definition) is 6. The Balaban J connectivity index is 1.99. The molecule has 1 saturated heterocycles. The highest BCUT2D eigenvalue weighted by molar-refractivity contribution is 7.99. The fourth-order valence-corrected chi connectivity index (χ4v) is 4.77. The number of nitrogens with one attached hydrogen (secondary N) is 1. The number of nitrogens with zero attached hydrogens (tertiary/aromatic N) is 3. The van der Waals surface area contributed by atoms with E-state index in [2.05, 4.69) is 15.5 Å². The first-order chi connectivity index (χ1) is 9.78. The Morgan fingerprint density at radius 2 is 2.19 bits per heavy atom. The second kappa shape index (κ2) is 6.35. The predicted octanol–water partition coefficient (Wildman–Crippen LogP) is 0.334. The van der Waals surface area contributed by atoms with Crippen molar-refractivity contribution in [2.75, 3.05) is 17.3 Å². The highest BCUT2D eigenvalue weighted by atomic mass is 32.2. The van der Waals surface area contributed by atoms with Crippen LogP contribution < -0.4 is 5.32 Å². The smallest absolute Gasteiger partial charge is 0.230 e. The van der Waals surface area contributed by atoms with Gasteiger partial charge in [0.1, 0.15) is 5.82 Å². The normalized spacial score (nSPS) is 20.9. The Hall–Kier alpha value is -1.09. The summed E-state index contributed by atoms with van der Waals surface area (Å²) in [6.45, 7) is 3.81. The number of thioether (sulfide) groups is 1. The Labute approximate surface area is 128 Å². The molecule has 1 aliphatic rings. The van der Waals surface area contributed by atoms with E-state index in [-0.39, 0.29) is 35.1 Å². The van der Waals surface area contributed by atoms with Crippen LogP contribution in [0.1, 0.15) is 32.0 Å². The molecule has 0 aromatic carbocycles. The summed E-state index contributed by atoms with van der Waals surface area (Å²) in [6.07, 6.45) is 0.590. The van der Waals surface area contributed by atoms with Gasteiger partial charge in [-0.25, -0.2) is 8.42 Å². The number of sulfone groups is 1. The van der Waals surface area contributed by atoms with Crippen LogP contribution in [0.4, 0.5) is 0 Å². The van der Waals surface area contributed by atoms with E-state index >= 15 is 0 Å². The van der Waals surface area contributed by atoms with Crippen LogP contribution in [0.2, 0.25) is 0 Å². The lowest BCUT2D eigenvalue weighted by Gasteiger charge is -2.09. The molecule has 1 aromatic heterocycles. The lowest BCUT2D eigenvalue weighted by molar-refractivity contribution is -0.119. The van der Waals surface area contributed by atoms with Crippen LogP contribution in [0.3, 0.4) is 0 Å². The first-order valence-corrected chi connectivity index (χ1v) is 9.61. The highest BCUT2D eigenvalue weighted by Gasteiger charge is 2.32. The molecule has 1 fully saturated rings. The van der Waals surface area contributed by atoms with Crippen molar-refractivity contribution in [1.29, 1.82) is 0 Å². The lowest BCUT2D eigenvalue weighted by atomic mass is 10.1. The lowest BCUT2D eigenvalue weighted by Crippen LogP contribution is -2.31. The summed E-state index contributed by atoms with van der Waals surface area (Å²) < 4.78 is 24.9. The maximum atomic E-state index is 11.6. The van der Waals surface area contributed by atoms with Crippen molar-refractivity contribution in [2.24, 2.45) is 7.05 Å². The Morgan fingerprint density at radius 3 is 2.76 bits per heavy atom. The number of carbonyl (C=O) groups is 1. The van der Waals surface area contributed by atoms with Crippen molar-refractivity contribution in [3.8, 4) is 0 Å². The van der Waals surface area contributed by atoms with Crippen molar-refractivity contribution in [3.05, 3.63) is 5.82 Å². The van der Waals surface area contributed by atoms with Gasteiger partial charge in [-0.05, 0) is 20.3 Å². The molecule has 1 atom stereocenters. The van der Waals surface area contributed by atoms with Crippen LogP contribution in [0.15, 0.2) is 5.16 Å². The molecule has 0 bridgehead atoms. The number of carbonyl (C=O) groups excluding carboxylic acids is 1. The van der Waals surface area contributed by atoms with Gasteiger partial charge in [0, 0.05) is 19.0 Å². The summed E-state index contributed by atoms with van der Waals surface area (Å²) in [5, 5.41) is 11.6. The van der Waals surface area contributed by atoms with Crippen LogP contribution in [-0.2, 0) is 21.7 Å². The third-order valence-electron chi connectivity index (χ3n) is 3.25. The summed E-state index contributed by atoms with van der Waals surface area (Å²) in [4.78, 5) is 11.6. The van der Waals surface area contributed by atoms with Crippen LogP contribution >= 0.6 is 11.8 Å². The molecule has 9 heteroatoms. The quantitative estimate of drug-likeness (QED) is 0.781. The van der Waals surface area contributed by atoms with Crippen LogP contribution in [0, 0.1) is 0 Å². The van der Waals surface area contributed by atoms with Crippen LogP contribution in [0.5, 0.6) is 0 Å². The highest BCUT2D eigenvalue weighted by Crippen LogP contribution is 2.29. The van der Waals surface area contributed by atoms with Gasteiger partial charge in [0.15, 0.2) is 15.0 Å². The molecule has 1 N–H and O–H groups in total. The van der Waals surface area contributed by atoms with E-state index in [1.54, 1.807) is 4.57 Å². The number of amides is 1. The van der Waals surface area contributed by atoms with E-state index < -0.39 is 9.84 Å². The van der Waals surface area contributed by atoms with E-state index in [9.17, 15) is 13.2 Å². The van der Waals surface area contributed by atoms with Gasteiger partial charge >= 0.3 is 0 Å². The molecule has 118 valence electrons. The molecule has 0 saturated carbocycles. The van der Waals surface area contributed by atoms with Gasteiger partial charge in [-0.2, -0.15) is 0 Å². The Morgan fingerprint density at radius 1 is 1.48 bits per heavy atom. The van der Waals surface area contributed by atoms with Gasteiger partial charge in [0.2, 0.25) is 5.91 Å². The summed E-state index contributed by atoms with van der Waals surface area (Å²) in [7, 11) is -1.13.